The average molecular weight is 232 g/mol. The zero-order valence-corrected chi connectivity index (χ0v) is 11.0. The molecule has 1 aliphatic rings. The summed E-state index contributed by atoms with van der Waals surface area (Å²) in [5.41, 5.74) is 1.45. The molecule has 0 saturated heterocycles. The lowest BCUT2D eigenvalue weighted by molar-refractivity contribution is 0.0958. The van der Waals surface area contributed by atoms with Crippen LogP contribution in [0.4, 0.5) is 0 Å². The molecule has 0 aromatic heterocycles. The van der Waals surface area contributed by atoms with Crippen molar-refractivity contribution in [2.24, 2.45) is 17.8 Å². The second-order valence-electron chi connectivity index (χ2n) is 5.77. The molecule has 0 aliphatic heterocycles. The molecule has 1 aliphatic carbocycles. The van der Waals surface area contributed by atoms with E-state index in [-0.39, 0.29) is 0 Å². The molecule has 3 atom stereocenters. The molecule has 17 heavy (non-hydrogen) atoms. The van der Waals surface area contributed by atoms with E-state index in [1.807, 2.05) is 0 Å². The third-order valence-electron chi connectivity index (χ3n) is 4.40. The van der Waals surface area contributed by atoms with Crippen molar-refractivity contribution in [1.82, 2.24) is 0 Å². The summed E-state index contributed by atoms with van der Waals surface area (Å²) in [6, 6.07) is 10.8. The quantitative estimate of drug-likeness (QED) is 0.839. The lowest BCUT2D eigenvalue weighted by Gasteiger charge is -2.37. The van der Waals surface area contributed by atoms with Crippen LogP contribution in [-0.2, 0) is 0 Å². The van der Waals surface area contributed by atoms with Crippen LogP contribution in [0.3, 0.4) is 0 Å². The molecule has 0 unspecified atom stereocenters. The van der Waals surface area contributed by atoms with Gasteiger partial charge in [-0.15, -0.1) is 0 Å². The van der Waals surface area contributed by atoms with E-state index in [1.54, 1.807) is 0 Å². The largest absolute Gasteiger partial charge is 0.396 e. The Kier molecular flexibility index (Phi) is 4.22. The molecule has 0 bridgehead atoms. The average Bonchev–Trinajstić information content (AvgIpc) is 2.39. The molecule has 0 heterocycles. The molecule has 0 amide bonds. The molecular formula is C16H24O. The van der Waals surface area contributed by atoms with Gasteiger partial charge in [-0.2, -0.15) is 0 Å². The van der Waals surface area contributed by atoms with Crippen molar-refractivity contribution in [3.05, 3.63) is 35.9 Å². The van der Waals surface area contributed by atoms with E-state index in [1.165, 1.54) is 18.4 Å². The molecule has 0 spiro atoms. The van der Waals surface area contributed by atoms with Crippen LogP contribution in [0, 0.1) is 17.8 Å². The first-order valence-corrected chi connectivity index (χ1v) is 6.88. The van der Waals surface area contributed by atoms with Crippen molar-refractivity contribution in [2.45, 2.75) is 39.0 Å². The third kappa shape index (κ3) is 2.90. The van der Waals surface area contributed by atoms with E-state index >= 15 is 0 Å². The third-order valence-corrected chi connectivity index (χ3v) is 4.40. The minimum atomic E-state index is 0.353. The Hall–Kier alpha value is -0.820. The maximum atomic E-state index is 9.58. The molecule has 0 radical (unpaired) electrons. The Morgan fingerprint density at radius 2 is 1.88 bits per heavy atom. The highest BCUT2D eigenvalue weighted by molar-refractivity contribution is 5.20. The SMILES string of the molecule is CC(C)[C@@H]1CC[C@@H](c2ccccc2)C[C@@H]1CO. The Morgan fingerprint density at radius 3 is 2.47 bits per heavy atom. The van der Waals surface area contributed by atoms with Crippen molar-refractivity contribution in [3.8, 4) is 0 Å². The lowest BCUT2D eigenvalue weighted by atomic mass is 9.68. The Bertz CT molecular complexity index is 331. The van der Waals surface area contributed by atoms with Crippen LogP contribution in [0.1, 0.15) is 44.6 Å². The van der Waals surface area contributed by atoms with E-state index in [4.69, 9.17) is 0 Å². The molecular weight excluding hydrogens is 208 g/mol. The Balaban J connectivity index is 2.06. The maximum Gasteiger partial charge on any atom is 0.0462 e. The van der Waals surface area contributed by atoms with Gasteiger partial charge in [0.05, 0.1) is 0 Å². The second kappa shape index (κ2) is 5.68. The van der Waals surface area contributed by atoms with Crippen molar-refractivity contribution in [1.29, 1.82) is 0 Å². The first-order chi connectivity index (χ1) is 8.22. The summed E-state index contributed by atoms with van der Waals surface area (Å²) in [6.45, 7) is 4.93. The summed E-state index contributed by atoms with van der Waals surface area (Å²) in [7, 11) is 0. The van der Waals surface area contributed by atoms with E-state index in [9.17, 15) is 5.11 Å². The number of aliphatic hydroxyl groups is 1. The van der Waals surface area contributed by atoms with Gasteiger partial charge >= 0.3 is 0 Å². The van der Waals surface area contributed by atoms with Gasteiger partial charge in [0.1, 0.15) is 0 Å². The van der Waals surface area contributed by atoms with Gasteiger partial charge in [-0.1, -0.05) is 44.2 Å². The van der Waals surface area contributed by atoms with Crippen LogP contribution < -0.4 is 0 Å². The molecule has 1 N–H and O–H groups in total. The van der Waals surface area contributed by atoms with Crippen LogP contribution in [0.15, 0.2) is 30.3 Å². The Labute approximate surface area is 105 Å². The molecule has 1 saturated carbocycles. The molecule has 1 aromatic rings. The van der Waals surface area contributed by atoms with Crippen molar-refractivity contribution in [3.63, 3.8) is 0 Å². The van der Waals surface area contributed by atoms with Crippen molar-refractivity contribution in [2.75, 3.05) is 6.61 Å². The van der Waals surface area contributed by atoms with Gasteiger partial charge in [-0.3, -0.25) is 0 Å². The normalized spacial score (nSPS) is 29.5. The highest BCUT2D eigenvalue weighted by Gasteiger charge is 2.32. The zero-order chi connectivity index (χ0) is 12.3. The molecule has 2 rings (SSSR count). The molecule has 94 valence electrons. The minimum Gasteiger partial charge on any atom is -0.396 e. The topological polar surface area (TPSA) is 20.2 Å². The number of hydrogen-bond donors (Lipinski definition) is 1. The predicted octanol–water partition coefficient (Wildman–Crippen LogP) is 3.83. The first kappa shape index (κ1) is 12.6. The molecule has 1 fully saturated rings. The smallest absolute Gasteiger partial charge is 0.0462 e. The van der Waals surface area contributed by atoms with Gasteiger partial charge in [0.2, 0.25) is 0 Å². The molecule has 1 nitrogen and oxygen atoms in total. The highest BCUT2D eigenvalue weighted by Crippen LogP contribution is 2.42. The summed E-state index contributed by atoms with van der Waals surface area (Å²) in [5, 5.41) is 9.58. The summed E-state index contributed by atoms with van der Waals surface area (Å²) >= 11 is 0. The Morgan fingerprint density at radius 1 is 1.18 bits per heavy atom. The number of benzene rings is 1. The zero-order valence-electron chi connectivity index (χ0n) is 11.0. The van der Waals surface area contributed by atoms with E-state index in [2.05, 4.69) is 44.2 Å². The van der Waals surface area contributed by atoms with Crippen LogP contribution in [0.2, 0.25) is 0 Å². The van der Waals surface area contributed by atoms with Crippen molar-refractivity contribution >= 4 is 0 Å². The fourth-order valence-corrected chi connectivity index (χ4v) is 3.40. The van der Waals surface area contributed by atoms with Crippen LogP contribution >= 0.6 is 0 Å². The van der Waals surface area contributed by atoms with Crippen LogP contribution in [-0.4, -0.2) is 11.7 Å². The summed E-state index contributed by atoms with van der Waals surface area (Å²) in [4.78, 5) is 0. The van der Waals surface area contributed by atoms with Gasteiger partial charge in [0.25, 0.3) is 0 Å². The molecule has 1 heteroatoms. The monoisotopic (exact) mass is 232 g/mol. The van der Waals surface area contributed by atoms with Gasteiger partial charge in [-0.25, -0.2) is 0 Å². The summed E-state index contributed by atoms with van der Waals surface area (Å²) in [5.74, 6) is 2.56. The van der Waals surface area contributed by atoms with E-state index in [0.29, 0.717) is 30.3 Å². The van der Waals surface area contributed by atoms with Gasteiger partial charge < -0.3 is 5.11 Å². The van der Waals surface area contributed by atoms with Crippen molar-refractivity contribution < 1.29 is 5.11 Å². The standard InChI is InChI=1S/C16H24O/c1-12(2)16-9-8-14(10-15(16)11-17)13-6-4-3-5-7-13/h3-7,12,14-17H,8-11H2,1-2H3/t14-,15-,16+/m1/s1. The fraction of sp³-hybridized carbons (Fsp3) is 0.625. The van der Waals surface area contributed by atoms with Gasteiger partial charge in [0, 0.05) is 6.61 Å². The second-order valence-corrected chi connectivity index (χ2v) is 5.77. The van der Waals surface area contributed by atoms with Crippen LogP contribution in [0.25, 0.3) is 0 Å². The lowest BCUT2D eigenvalue weighted by Crippen LogP contribution is -2.30. The van der Waals surface area contributed by atoms with Gasteiger partial charge in [-0.05, 0) is 48.5 Å². The van der Waals surface area contributed by atoms with Crippen LogP contribution in [0.5, 0.6) is 0 Å². The minimum absolute atomic E-state index is 0.353. The summed E-state index contributed by atoms with van der Waals surface area (Å²) < 4.78 is 0. The van der Waals surface area contributed by atoms with E-state index in [0.717, 1.165) is 6.42 Å². The predicted molar refractivity (Wildman–Crippen MR) is 71.9 cm³/mol. The summed E-state index contributed by atoms with van der Waals surface area (Å²) in [6.07, 6.45) is 3.70. The maximum absolute atomic E-state index is 9.58. The highest BCUT2D eigenvalue weighted by atomic mass is 16.3. The van der Waals surface area contributed by atoms with E-state index < -0.39 is 0 Å². The molecule has 1 aromatic carbocycles. The number of hydrogen-bond acceptors (Lipinski definition) is 1. The number of rotatable bonds is 3. The first-order valence-electron chi connectivity index (χ1n) is 6.88. The van der Waals surface area contributed by atoms with Gasteiger partial charge in [0.15, 0.2) is 0 Å². The number of aliphatic hydroxyl groups excluding tert-OH is 1. The fourth-order valence-electron chi connectivity index (χ4n) is 3.40.